The molecule has 10 heavy (non-hydrogen) atoms. The molecule has 60 valence electrons. The molecule has 3 heteroatoms. The van der Waals surface area contributed by atoms with E-state index in [4.69, 9.17) is 15.9 Å². The van der Waals surface area contributed by atoms with E-state index in [2.05, 4.69) is 6.92 Å². The highest BCUT2D eigenvalue weighted by Crippen LogP contribution is 2.44. The molecule has 1 rings (SSSR count). The van der Waals surface area contributed by atoms with E-state index in [-0.39, 0.29) is 13.2 Å². The standard InChI is InChI=1S/C7H15NO2/c1-5-2-6(5)7(8,3-9)4-10/h5-6,9-10H,2-4,8H2,1H3. The molecule has 0 amide bonds. The van der Waals surface area contributed by atoms with Crippen molar-refractivity contribution in [1.29, 1.82) is 0 Å². The fourth-order valence-corrected chi connectivity index (χ4v) is 1.41. The second kappa shape index (κ2) is 2.49. The van der Waals surface area contributed by atoms with Crippen LogP contribution < -0.4 is 5.73 Å². The van der Waals surface area contributed by atoms with E-state index in [9.17, 15) is 0 Å². The third-order valence-electron chi connectivity index (χ3n) is 2.44. The summed E-state index contributed by atoms with van der Waals surface area (Å²) in [4.78, 5) is 0. The first-order chi connectivity index (χ1) is 4.64. The van der Waals surface area contributed by atoms with Gasteiger partial charge in [0.2, 0.25) is 0 Å². The topological polar surface area (TPSA) is 66.5 Å². The molecule has 2 atom stereocenters. The molecule has 2 unspecified atom stereocenters. The average Bonchev–Trinajstić information content (AvgIpc) is 2.66. The van der Waals surface area contributed by atoms with E-state index in [1.807, 2.05) is 0 Å². The van der Waals surface area contributed by atoms with Crippen LogP contribution >= 0.6 is 0 Å². The van der Waals surface area contributed by atoms with Gasteiger partial charge in [-0.2, -0.15) is 0 Å². The first kappa shape index (κ1) is 7.98. The molecular formula is C7H15NO2. The van der Waals surface area contributed by atoms with Crippen molar-refractivity contribution < 1.29 is 10.2 Å². The molecule has 0 aromatic carbocycles. The van der Waals surface area contributed by atoms with Gasteiger partial charge in [-0.05, 0) is 18.3 Å². The van der Waals surface area contributed by atoms with Gasteiger partial charge in [0.25, 0.3) is 0 Å². The Labute approximate surface area is 60.9 Å². The van der Waals surface area contributed by atoms with Gasteiger partial charge in [-0.15, -0.1) is 0 Å². The number of hydrogen-bond acceptors (Lipinski definition) is 3. The maximum Gasteiger partial charge on any atom is 0.0654 e. The van der Waals surface area contributed by atoms with E-state index in [0.717, 1.165) is 6.42 Å². The Morgan fingerprint density at radius 1 is 1.50 bits per heavy atom. The van der Waals surface area contributed by atoms with Crippen LogP contribution in [0.25, 0.3) is 0 Å². The van der Waals surface area contributed by atoms with Crippen molar-refractivity contribution >= 4 is 0 Å². The summed E-state index contributed by atoms with van der Waals surface area (Å²) in [5, 5.41) is 17.7. The highest BCUT2D eigenvalue weighted by molar-refractivity contribution is 5.02. The van der Waals surface area contributed by atoms with Crippen LogP contribution in [-0.4, -0.2) is 29.0 Å². The second-order valence-corrected chi connectivity index (χ2v) is 3.37. The molecule has 0 aliphatic heterocycles. The SMILES string of the molecule is CC1CC1C(N)(CO)CO. The van der Waals surface area contributed by atoms with Gasteiger partial charge in [-0.1, -0.05) is 6.92 Å². The van der Waals surface area contributed by atoms with Crippen molar-refractivity contribution in [2.75, 3.05) is 13.2 Å². The van der Waals surface area contributed by atoms with Gasteiger partial charge in [0.15, 0.2) is 0 Å². The fourth-order valence-electron chi connectivity index (χ4n) is 1.41. The summed E-state index contributed by atoms with van der Waals surface area (Å²) in [6.45, 7) is 1.86. The first-order valence-electron chi connectivity index (χ1n) is 3.64. The Kier molecular flexibility index (Phi) is 1.99. The van der Waals surface area contributed by atoms with Crippen molar-refractivity contribution in [1.82, 2.24) is 0 Å². The maximum atomic E-state index is 8.83. The average molecular weight is 145 g/mol. The van der Waals surface area contributed by atoms with Gasteiger partial charge < -0.3 is 15.9 Å². The predicted octanol–water partition coefficient (Wildman–Crippen LogP) is -0.676. The summed E-state index contributed by atoms with van der Waals surface area (Å²) in [7, 11) is 0. The molecule has 0 radical (unpaired) electrons. The minimum absolute atomic E-state index is 0.113. The highest BCUT2D eigenvalue weighted by atomic mass is 16.3. The molecule has 1 saturated carbocycles. The zero-order valence-electron chi connectivity index (χ0n) is 6.25. The van der Waals surface area contributed by atoms with Gasteiger partial charge >= 0.3 is 0 Å². The van der Waals surface area contributed by atoms with Crippen LogP contribution in [0.1, 0.15) is 13.3 Å². The highest BCUT2D eigenvalue weighted by Gasteiger charge is 2.47. The second-order valence-electron chi connectivity index (χ2n) is 3.37. The minimum Gasteiger partial charge on any atom is -0.394 e. The van der Waals surface area contributed by atoms with Crippen molar-refractivity contribution in [3.8, 4) is 0 Å². The third-order valence-corrected chi connectivity index (χ3v) is 2.44. The summed E-state index contributed by atoms with van der Waals surface area (Å²) in [5.41, 5.74) is 4.97. The van der Waals surface area contributed by atoms with E-state index in [1.54, 1.807) is 0 Å². The summed E-state index contributed by atoms with van der Waals surface area (Å²) in [6.07, 6.45) is 1.04. The molecule has 4 N–H and O–H groups in total. The minimum atomic E-state index is -0.723. The molecule has 0 heterocycles. The molecule has 0 bridgehead atoms. The van der Waals surface area contributed by atoms with Crippen LogP contribution in [0.2, 0.25) is 0 Å². The lowest BCUT2D eigenvalue weighted by atomic mass is 9.96. The molecule has 1 fully saturated rings. The molecule has 0 aromatic rings. The zero-order valence-corrected chi connectivity index (χ0v) is 6.25. The van der Waals surface area contributed by atoms with E-state index >= 15 is 0 Å². The van der Waals surface area contributed by atoms with Crippen molar-refractivity contribution in [2.24, 2.45) is 17.6 Å². The molecule has 0 spiro atoms. The summed E-state index contributed by atoms with van der Waals surface area (Å²) in [6, 6.07) is 0. The molecule has 1 aliphatic carbocycles. The van der Waals surface area contributed by atoms with E-state index in [1.165, 1.54) is 0 Å². The van der Waals surface area contributed by atoms with Gasteiger partial charge in [0.05, 0.1) is 18.8 Å². The van der Waals surface area contributed by atoms with Crippen molar-refractivity contribution in [3.05, 3.63) is 0 Å². The fraction of sp³-hybridized carbons (Fsp3) is 1.00. The Morgan fingerprint density at radius 2 is 1.90 bits per heavy atom. The Morgan fingerprint density at radius 3 is 2.00 bits per heavy atom. The number of rotatable bonds is 3. The Hall–Kier alpha value is -0.120. The maximum absolute atomic E-state index is 8.83. The number of aliphatic hydroxyl groups excluding tert-OH is 2. The van der Waals surface area contributed by atoms with Crippen LogP contribution in [0.5, 0.6) is 0 Å². The van der Waals surface area contributed by atoms with Crippen LogP contribution in [0.4, 0.5) is 0 Å². The zero-order chi connectivity index (χ0) is 7.78. The van der Waals surface area contributed by atoms with Gasteiger partial charge in [0.1, 0.15) is 0 Å². The van der Waals surface area contributed by atoms with E-state index < -0.39 is 5.54 Å². The summed E-state index contributed by atoms with van der Waals surface area (Å²) < 4.78 is 0. The van der Waals surface area contributed by atoms with E-state index in [0.29, 0.717) is 11.8 Å². The number of nitrogens with two attached hydrogens (primary N) is 1. The predicted molar refractivity (Wildman–Crippen MR) is 38.4 cm³/mol. The van der Waals surface area contributed by atoms with Crippen molar-refractivity contribution in [2.45, 2.75) is 18.9 Å². The number of hydrogen-bond donors (Lipinski definition) is 3. The molecular weight excluding hydrogens is 130 g/mol. The van der Waals surface area contributed by atoms with Crippen LogP contribution in [-0.2, 0) is 0 Å². The van der Waals surface area contributed by atoms with Crippen molar-refractivity contribution in [3.63, 3.8) is 0 Å². The first-order valence-corrected chi connectivity index (χ1v) is 3.64. The summed E-state index contributed by atoms with van der Waals surface area (Å²) in [5.74, 6) is 0.895. The lowest BCUT2D eigenvalue weighted by Gasteiger charge is -2.24. The van der Waals surface area contributed by atoms with Crippen LogP contribution in [0.3, 0.4) is 0 Å². The number of aliphatic hydroxyl groups is 2. The Balaban J connectivity index is 2.48. The largest absolute Gasteiger partial charge is 0.394 e. The molecule has 3 nitrogen and oxygen atoms in total. The van der Waals surface area contributed by atoms with Crippen LogP contribution in [0.15, 0.2) is 0 Å². The molecule has 0 saturated heterocycles. The smallest absolute Gasteiger partial charge is 0.0654 e. The molecule has 0 aromatic heterocycles. The lowest BCUT2D eigenvalue weighted by Crippen LogP contribution is -2.50. The van der Waals surface area contributed by atoms with Gasteiger partial charge in [-0.3, -0.25) is 0 Å². The quantitative estimate of drug-likeness (QED) is 0.493. The van der Waals surface area contributed by atoms with Gasteiger partial charge in [0, 0.05) is 0 Å². The Bertz CT molecular complexity index is 123. The monoisotopic (exact) mass is 145 g/mol. The lowest BCUT2D eigenvalue weighted by molar-refractivity contribution is 0.102. The summed E-state index contributed by atoms with van der Waals surface area (Å²) >= 11 is 0. The normalized spacial score (nSPS) is 32.4. The van der Waals surface area contributed by atoms with Crippen LogP contribution in [0, 0.1) is 11.8 Å². The molecule has 1 aliphatic rings. The van der Waals surface area contributed by atoms with Gasteiger partial charge in [-0.25, -0.2) is 0 Å². The third kappa shape index (κ3) is 1.17.